The lowest BCUT2D eigenvalue weighted by Crippen LogP contribution is -2.29. The Labute approximate surface area is 304 Å². The molecule has 1 aliphatic rings. The summed E-state index contributed by atoms with van der Waals surface area (Å²) in [4.78, 5) is 40.4. The first-order valence-corrected chi connectivity index (χ1v) is 17.5. The summed E-state index contributed by atoms with van der Waals surface area (Å²) in [5, 5.41) is 12.2. The van der Waals surface area contributed by atoms with E-state index >= 15 is 0 Å². The number of hydrogen-bond acceptors (Lipinski definition) is 9. The van der Waals surface area contributed by atoms with Crippen LogP contribution in [-0.2, 0) is 11.4 Å². The van der Waals surface area contributed by atoms with Crippen molar-refractivity contribution in [1.82, 2.24) is 14.8 Å². The zero-order chi connectivity index (χ0) is 36.0. The van der Waals surface area contributed by atoms with E-state index in [4.69, 9.17) is 14.2 Å². The number of fused-ring (bicyclic) bond motifs is 1. The molecule has 52 heavy (non-hydrogen) atoms. The minimum atomic E-state index is -0.403. The number of para-hydroxylation sites is 1. The standard InChI is InChI=1S/C40H33N5O6S/c1-3-49-31-19-15-28(16-20-31)44-36(24-50-30-7-5-4-6-8-30)42-43-40(44)52-25-37(46)41-27-11-17-32(18-12-27)51-33-21-22-34-35(23-33)39(48)45(38(34)47)29-13-9-26(2)10-14-29/h4-23H,3,24-25H2,1-2H3,(H,41,46). The number of ether oxygens (including phenoxy) is 3. The Morgan fingerprint density at radius 1 is 0.712 bits per heavy atom. The smallest absolute Gasteiger partial charge is 0.266 e. The highest BCUT2D eigenvalue weighted by Crippen LogP contribution is 2.33. The van der Waals surface area contributed by atoms with E-state index in [1.54, 1.807) is 54.6 Å². The van der Waals surface area contributed by atoms with Crippen LogP contribution in [0.4, 0.5) is 11.4 Å². The van der Waals surface area contributed by atoms with Crippen LogP contribution in [0.25, 0.3) is 5.69 Å². The summed E-state index contributed by atoms with van der Waals surface area (Å²) in [5.41, 5.74) is 3.53. The molecule has 12 heteroatoms. The Morgan fingerprint density at radius 3 is 2.10 bits per heavy atom. The molecule has 11 nitrogen and oxygen atoms in total. The van der Waals surface area contributed by atoms with Gasteiger partial charge in [-0.05, 0) is 105 Å². The second-order valence-electron chi connectivity index (χ2n) is 11.7. The largest absolute Gasteiger partial charge is 0.494 e. The number of aryl methyl sites for hydroxylation is 1. The molecule has 1 aliphatic heterocycles. The van der Waals surface area contributed by atoms with Gasteiger partial charge in [-0.15, -0.1) is 10.2 Å². The number of imide groups is 1. The maximum atomic E-state index is 13.2. The van der Waals surface area contributed by atoms with E-state index in [2.05, 4.69) is 15.5 Å². The monoisotopic (exact) mass is 711 g/mol. The number of nitrogens with one attached hydrogen (secondary N) is 1. The summed E-state index contributed by atoms with van der Waals surface area (Å²) in [7, 11) is 0. The van der Waals surface area contributed by atoms with Crippen molar-refractivity contribution >= 4 is 40.9 Å². The summed E-state index contributed by atoms with van der Waals surface area (Å²) < 4.78 is 19.4. The third kappa shape index (κ3) is 7.52. The third-order valence-electron chi connectivity index (χ3n) is 8.07. The van der Waals surface area contributed by atoms with Gasteiger partial charge < -0.3 is 19.5 Å². The van der Waals surface area contributed by atoms with Crippen LogP contribution < -0.4 is 24.4 Å². The van der Waals surface area contributed by atoms with E-state index in [1.807, 2.05) is 85.1 Å². The van der Waals surface area contributed by atoms with E-state index in [0.717, 1.165) is 17.0 Å². The lowest BCUT2D eigenvalue weighted by Gasteiger charge is -2.13. The SMILES string of the molecule is CCOc1ccc(-n2c(COc3ccccc3)nnc2SCC(=O)Nc2ccc(Oc3ccc4c(c3)C(=O)N(c3ccc(C)cc3)C4=O)cc2)cc1. The van der Waals surface area contributed by atoms with Crippen LogP contribution in [0.2, 0.25) is 0 Å². The van der Waals surface area contributed by atoms with Crippen molar-refractivity contribution in [3.8, 4) is 28.7 Å². The molecule has 3 amide bonds. The Hall–Kier alpha value is -6.40. The lowest BCUT2D eigenvalue weighted by atomic mass is 10.1. The molecule has 0 radical (unpaired) electrons. The van der Waals surface area contributed by atoms with Crippen LogP contribution in [-0.4, -0.2) is 44.8 Å². The molecule has 0 saturated carbocycles. The van der Waals surface area contributed by atoms with Crippen LogP contribution in [0.1, 0.15) is 39.0 Å². The zero-order valence-electron chi connectivity index (χ0n) is 28.3. The fourth-order valence-corrected chi connectivity index (χ4v) is 6.32. The molecule has 5 aromatic carbocycles. The number of thioether (sulfide) groups is 1. The van der Waals surface area contributed by atoms with Crippen molar-refractivity contribution in [2.24, 2.45) is 0 Å². The van der Waals surface area contributed by atoms with Gasteiger partial charge in [0.1, 0.15) is 29.6 Å². The van der Waals surface area contributed by atoms with Crippen LogP contribution in [0.15, 0.2) is 126 Å². The first-order valence-electron chi connectivity index (χ1n) is 16.5. The van der Waals surface area contributed by atoms with Gasteiger partial charge in [-0.3, -0.25) is 19.0 Å². The summed E-state index contributed by atoms with van der Waals surface area (Å²) in [6.07, 6.45) is 0. The first-order chi connectivity index (χ1) is 25.4. The Morgan fingerprint density at radius 2 is 1.37 bits per heavy atom. The molecule has 0 aliphatic carbocycles. The van der Waals surface area contributed by atoms with E-state index in [9.17, 15) is 14.4 Å². The van der Waals surface area contributed by atoms with Crippen molar-refractivity contribution in [2.75, 3.05) is 22.6 Å². The number of hydrogen-bond donors (Lipinski definition) is 1. The average Bonchev–Trinajstić information content (AvgIpc) is 3.68. The molecule has 0 bridgehead atoms. The maximum absolute atomic E-state index is 13.2. The normalized spacial score (nSPS) is 12.1. The molecule has 0 saturated heterocycles. The maximum Gasteiger partial charge on any atom is 0.266 e. The third-order valence-corrected chi connectivity index (χ3v) is 9.00. The van der Waals surface area contributed by atoms with Crippen molar-refractivity contribution in [1.29, 1.82) is 0 Å². The predicted molar refractivity (Wildman–Crippen MR) is 198 cm³/mol. The van der Waals surface area contributed by atoms with Crippen molar-refractivity contribution in [3.05, 3.63) is 144 Å². The summed E-state index contributed by atoms with van der Waals surface area (Å²) in [6.45, 7) is 4.61. The van der Waals surface area contributed by atoms with Gasteiger partial charge in [-0.25, -0.2) is 4.90 Å². The average molecular weight is 712 g/mol. The van der Waals surface area contributed by atoms with Crippen LogP contribution >= 0.6 is 11.8 Å². The molecule has 0 spiro atoms. The van der Waals surface area contributed by atoms with Gasteiger partial charge >= 0.3 is 0 Å². The van der Waals surface area contributed by atoms with Gasteiger partial charge in [-0.1, -0.05) is 47.7 Å². The van der Waals surface area contributed by atoms with Crippen LogP contribution in [0, 0.1) is 6.92 Å². The van der Waals surface area contributed by atoms with Gasteiger partial charge in [0.25, 0.3) is 11.8 Å². The van der Waals surface area contributed by atoms with Crippen molar-refractivity contribution in [2.45, 2.75) is 25.6 Å². The van der Waals surface area contributed by atoms with Gasteiger partial charge in [0.2, 0.25) is 5.91 Å². The summed E-state index contributed by atoms with van der Waals surface area (Å²) >= 11 is 1.25. The quantitative estimate of drug-likeness (QED) is 0.0941. The second kappa shape index (κ2) is 15.2. The number of carbonyl (C=O) groups is 3. The number of aromatic nitrogens is 3. The van der Waals surface area contributed by atoms with E-state index in [1.165, 1.54) is 16.7 Å². The van der Waals surface area contributed by atoms with E-state index < -0.39 is 5.91 Å². The number of amides is 3. The van der Waals surface area contributed by atoms with Gasteiger partial charge in [-0.2, -0.15) is 0 Å². The predicted octanol–water partition coefficient (Wildman–Crippen LogP) is 7.88. The molecule has 1 aromatic heterocycles. The highest BCUT2D eigenvalue weighted by Gasteiger charge is 2.37. The molecular formula is C40H33N5O6S. The van der Waals surface area contributed by atoms with Crippen molar-refractivity contribution in [3.63, 3.8) is 0 Å². The molecule has 0 unspecified atom stereocenters. The first kappa shape index (κ1) is 34.1. The van der Waals surface area contributed by atoms with Crippen LogP contribution in [0.5, 0.6) is 23.0 Å². The molecule has 0 atom stereocenters. The Bertz CT molecular complexity index is 2220. The Balaban J connectivity index is 0.983. The molecular weight excluding hydrogens is 679 g/mol. The van der Waals surface area contributed by atoms with Crippen molar-refractivity contribution < 1.29 is 28.6 Å². The molecule has 2 heterocycles. The van der Waals surface area contributed by atoms with Gasteiger partial charge in [0.15, 0.2) is 11.0 Å². The highest BCUT2D eigenvalue weighted by atomic mass is 32.2. The molecule has 260 valence electrons. The number of rotatable bonds is 13. The molecule has 7 rings (SSSR count). The zero-order valence-corrected chi connectivity index (χ0v) is 29.1. The highest BCUT2D eigenvalue weighted by molar-refractivity contribution is 7.99. The number of nitrogens with zero attached hydrogens (tertiary/aromatic N) is 4. The molecule has 1 N–H and O–H groups in total. The lowest BCUT2D eigenvalue weighted by molar-refractivity contribution is -0.113. The molecule has 0 fully saturated rings. The number of benzene rings is 5. The van der Waals surface area contributed by atoms with Crippen LogP contribution in [0.3, 0.4) is 0 Å². The number of carbonyl (C=O) groups excluding carboxylic acids is 3. The second-order valence-corrected chi connectivity index (χ2v) is 12.7. The summed E-state index contributed by atoms with van der Waals surface area (Å²) in [6, 6.07) is 35.9. The van der Waals surface area contributed by atoms with Gasteiger partial charge in [0, 0.05) is 11.4 Å². The van der Waals surface area contributed by atoms with E-state index in [-0.39, 0.29) is 29.7 Å². The Kier molecular flexibility index (Phi) is 9.98. The minimum Gasteiger partial charge on any atom is -0.494 e. The summed E-state index contributed by atoms with van der Waals surface area (Å²) in [5.74, 6) is 2.00. The fourth-order valence-electron chi connectivity index (χ4n) is 5.55. The molecule has 6 aromatic rings. The number of anilines is 2. The van der Waals surface area contributed by atoms with E-state index in [0.29, 0.717) is 51.8 Å². The fraction of sp³-hybridized carbons (Fsp3) is 0.125. The van der Waals surface area contributed by atoms with Gasteiger partial charge in [0.05, 0.1) is 29.2 Å². The topological polar surface area (TPSA) is 125 Å². The minimum absolute atomic E-state index is 0.0778.